The smallest absolute Gasteiger partial charge is 0.125 e. The number of aromatic amines is 1. The van der Waals surface area contributed by atoms with Crippen molar-refractivity contribution in [2.75, 3.05) is 13.1 Å². The number of hydrazine groups is 1. The minimum Gasteiger partial charge on any atom is -0.508 e. The predicted molar refractivity (Wildman–Crippen MR) is 128 cm³/mol. The number of aromatic nitrogens is 2. The number of imidazole rings is 1. The van der Waals surface area contributed by atoms with Crippen molar-refractivity contribution >= 4 is 5.57 Å². The number of nitrogens with one attached hydrogen (secondary N) is 3. The predicted octanol–water partition coefficient (Wildman–Crippen LogP) is 4.28. The molecule has 1 aromatic heterocycles. The van der Waals surface area contributed by atoms with Crippen LogP contribution < -0.4 is 10.9 Å². The van der Waals surface area contributed by atoms with Gasteiger partial charge in [0.25, 0.3) is 0 Å². The van der Waals surface area contributed by atoms with Crippen molar-refractivity contribution in [1.82, 2.24) is 25.7 Å². The normalized spacial score (nSPS) is 28.7. The number of phenolic OH excluding ortho intramolecular Hbond substituents is 1. The summed E-state index contributed by atoms with van der Waals surface area (Å²) in [6.07, 6.45) is 9.90. The van der Waals surface area contributed by atoms with E-state index in [0.29, 0.717) is 29.7 Å². The first kappa shape index (κ1) is 21.7. The highest BCUT2D eigenvalue weighted by Gasteiger charge is 2.42. The molecule has 6 nitrogen and oxygen atoms in total. The van der Waals surface area contributed by atoms with Gasteiger partial charge in [-0.15, -0.1) is 0 Å². The van der Waals surface area contributed by atoms with Gasteiger partial charge in [-0.1, -0.05) is 19.1 Å². The van der Waals surface area contributed by atoms with Crippen LogP contribution in [0.2, 0.25) is 0 Å². The largest absolute Gasteiger partial charge is 0.508 e. The van der Waals surface area contributed by atoms with E-state index in [1.54, 1.807) is 0 Å². The lowest BCUT2D eigenvalue weighted by molar-refractivity contribution is 0.245. The van der Waals surface area contributed by atoms with Gasteiger partial charge < -0.3 is 10.1 Å². The van der Waals surface area contributed by atoms with Crippen LogP contribution in [0.3, 0.4) is 0 Å². The monoisotopic (exact) mass is 435 g/mol. The van der Waals surface area contributed by atoms with Crippen molar-refractivity contribution in [1.29, 1.82) is 0 Å². The molecule has 32 heavy (non-hydrogen) atoms. The Kier molecular flexibility index (Phi) is 6.10. The molecule has 2 fully saturated rings. The van der Waals surface area contributed by atoms with Crippen LogP contribution in [0, 0.1) is 5.92 Å². The summed E-state index contributed by atoms with van der Waals surface area (Å²) >= 11 is 0. The highest BCUT2D eigenvalue weighted by atomic mass is 16.3. The van der Waals surface area contributed by atoms with E-state index in [0.717, 1.165) is 38.2 Å². The fraction of sp³-hybridized carbons (Fsp3) is 0.577. The maximum Gasteiger partial charge on any atom is 0.125 e. The van der Waals surface area contributed by atoms with E-state index in [1.807, 2.05) is 18.3 Å². The second kappa shape index (κ2) is 9.00. The lowest BCUT2D eigenvalue weighted by atomic mass is 9.73. The van der Waals surface area contributed by atoms with Gasteiger partial charge in [0, 0.05) is 25.2 Å². The van der Waals surface area contributed by atoms with E-state index in [1.165, 1.54) is 35.2 Å². The van der Waals surface area contributed by atoms with Gasteiger partial charge in [0.1, 0.15) is 11.6 Å². The Morgan fingerprint density at radius 1 is 1.22 bits per heavy atom. The average molecular weight is 436 g/mol. The van der Waals surface area contributed by atoms with Crippen molar-refractivity contribution in [3.63, 3.8) is 0 Å². The Labute approximate surface area is 191 Å². The zero-order chi connectivity index (χ0) is 22.2. The van der Waals surface area contributed by atoms with Crippen molar-refractivity contribution in [3.05, 3.63) is 53.1 Å². The molecule has 5 rings (SSSR count). The van der Waals surface area contributed by atoms with E-state index in [-0.39, 0.29) is 6.04 Å². The summed E-state index contributed by atoms with van der Waals surface area (Å²) in [5.74, 6) is 2.52. The molecule has 172 valence electrons. The van der Waals surface area contributed by atoms with E-state index in [2.05, 4.69) is 53.6 Å². The number of aromatic hydroxyl groups is 1. The molecule has 0 radical (unpaired) electrons. The molecule has 3 heterocycles. The summed E-state index contributed by atoms with van der Waals surface area (Å²) in [5, 5.41) is 9.87. The molecule has 0 spiro atoms. The number of phenols is 1. The van der Waals surface area contributed by atoms with E-state index < -0.39 is 0 Å². The zero-order valence-electron chi connectivity index (χ0n) is 19.6. The minimum atomic E-state index is 0.233. The van der Waals surface area contributed by atoms with E-state index in [4.69, 9.17) is 4.98 Å². The second-order valence-electron chi connectivity index (χ2n) is 10.0. The van der Waals surface area contributed by atoms with Gasteiger partial charge >= 0.3 is 0 Å². The molecular weight excluding hydrogens is 398 g/mol. The van der Waals surface area contributed by atoms with Crippen molar-refractivity contribution in [2.24, 2.45) is 5.92 Å². The second-order valence-corrected chi connectivity index (χ2v) is 10.0. The number of hydrogen-bond donors (Lipinski definition) is 4. The quantitative estimate of drug-likeness (QED) is 0.564. The number of rotatable bonds is 5. The Morgan fingerprint density at radius 3 is 2.84 bits per heavy atom. The Hall–Kier alpha value is -2.15. The highest BCUT2D eigenvalue weighted by Crippen LogP contribution is 2.44. The maximum absolute atomic E-state index is 9.87. The molecule has 4 atom stereocenters. The third kappa shape index (κ3) is 4.12. The summed E-state index contributed by atoms with van der Waals surface area (Å²) in [4.78, 5) is 10.9. The van der Waals surface area contributed by atoms with Gasteiger partial charge in [-0.05, 0) is 86.6 Å². The highest BCUT2D eigenvalue weighted by molar-refractivity contribution is 5.63. The van der Waals surface area contributed by atoms with Crippen LogP contribution in [0.5, 0.6) is 5.75 Å². The molecule has 2 aromatic rings. The maximum atomic E-state index is 9.87. The van der Waals surface area contributed by atoms with Crippen molar-refractivity contribution in [2.45, 2.75) is 76.9 Å². The van der Waals surface area contributed by atoms with Crippen LogP contribution in [0.15, 0.2) is 30.5 Å². The van der Waals surface area contributed by atoms with E-state index >= 15 is 0 Å². The molecule has 1 aliphatic carbocycles. The summed E-state index contributed by atoms with van der Waals surface area (Å²) < 4.78 is 0. The fourth-order valence-electron chi connectivity index (χ4n) is 5.97. The molecule has 0 bridgehead atoms. The van der Waals surface area contributed by atoms with E-state index in [9.17, 15) is 5.11 Å². The van der Waals surface area contributed by atoms with Crippen LogP contribution >= 0.6 is 0 Å². The number of nitrogens with zero attached hydrogens (tertiary/aromatic N) is 2. The van der Waals surface area contributed by atoms with Gasteiger partial charge in [0.05, 0.1) is 17.9 Å². The first-order valence-electron chi connectivity index (χ1n) is 12.3. The van der Waals surface area contributed by atoms with Crippen molar-refractivity contribution in [3.8, 4) is 5.75 Å². The molecular formula is C26H37N5O. The van der Waals surface area contributed by atoms with Crippen LogP contribution in [0.4, 0.5) is 0 Å². The Balaban J connectivity index is 1.26. The molecule has 4 unspecified atom stereocenters. The Bertz CT molecular complexity index is 980. The SMILES string of the molecule is CCc1cc(O)ccc1C1CCC2C(C1)NNC2c1ncc(C2=CCN(C(C)C)CC2)[nH]1. The number of fused-ring (bicyclic) bond motifs is 1. The molecule has 4 N–H and O–H groups in total. The number of hydrogen-bond acceptors (Lipinski definition) is 5. The summed E-state index contributed by atoms with van der Waals surface area (Å²) in [6.45, 7) is 8.84. The third-order valence-electron chi connectivity index (χ3n) is 7.91. The number of aryl methyl sites for hydroxylation is 1. The summed E-state index contributed by atoms with van der Waals surface area (Å²) in [5.41, 5.74) is 12.4. The number of benzene rings is 1. The first-order chi connectivity index (χ1) is 15.5. The zero-order valence-corrected chi connectivity index (χ0v) is 19.6. The van der Waals surface area contributed by atoms with Crippen LogP contribution in [0.25, 0.3) is 5.57 Å². The molecule has 1 saturated heterocycles. The average Bonchev–Trinajstić information content (AvgIpc) is 3.45. The van der Waals surface area contributed by atoms with Gasteiger partial charge in [0.2, 0.25) is 0 Å². The standard InChI is InChI=1S/C26H37N5O/c1-4-17-13-20(32)6-8-21(17)19-5-7-22-23(14-19)29-30-25(22)26-27-15-24(28-26)18-9-11-31(12-10-18)16(2)3/h6,8-9,13,15-16,19,22-23,25,29-30,32H,4-5,7,10-12,14H2,1-3H3,(H,27,28). The van der Waals surface area contributed by atoms with Gasteiger partial charge in [-0.3, -0.25) is 10.3 Å². The number of H-pyrrole nitrogens is 1. The van der Waals surface area contributed by atoms with Crippen LogP contribution in [0.1, 0.15) is 81.1 Å². The molecule has 1 saturated carbocycles. The lowest BCUT2D eigenvalue weighted by Gasteiger charge is -2.33. The fourth-order valence-corrected chi connectivity index (χ4v) is 5.97. The topological polar surface area (TPSA) is 76.2 Å². The molecule has 6 heteroatoms. The molecule has 1 aromatic carbocycles. The van der Waals surface area contributed by atoms with Crippen molar-refractivity contribution < 1.29 is 5.11 Å². The molecule has 2 aliphatic heterocycles. The molecule has 0 amide bonds. The summed E-state index contributed by atoms with van der Waals surface area (Å²) in [6, 6.07) is 7.19. The summed E-state index contributed by atoms with van der Waals surface area (Å²) in [7, 11) is 0. The lowest BCUT2D eigenvalue weighted by Crippen LogP contribution is -2.35. The first-order valence-corrected chi connectivity index (χ1v) is 12.3. The van der Waals surface area contributed by atoms with Gasteiger partial charge in [-0.25, -0.2) is 10.4 Å². The van der Waals surface area contributed by atoms with Crippen LogP contribution in [-0.2, 0) is 6.42 Å². The van der Waals surface area contributed by atoms with Gasteiger partial charge in [-0.2, -0.15) is 0 Å². The van der Waals surface area contributed by atoms with Gasteiger partial charge in [0.15, 0.2) is 0 Å². The minimum absolute atomic E-state index is 0.233. The Morgan fingerprint density at radius 2 is 2.09 bits per heavy atom. The van der Waals surface area contributed by atoms with Crippen LogP contribution in [-0.4, -0.2) is 45.1 Å². The third-order valence-corrected chi connectivity index (χ3v) is 7.91. The molecule has 3 aliphatic rings.